The molecule has 12 nitrogen and oxygen atoms in total. The Morgan fingerprint density at radius 2 is 1.18 bits per heavy atom. The summed E-state index contributed by atoms with van der Waals surface area (Å²) in [4.78, 5) is 25.9. The van der Waals surface area contributed by atoms with E-state index in [1.807, 2.05) is 0 Å². The maximum Gasteiger partial charge on any atom is 0.273 e. The Morgan fingerprint density at radius 1 is 0.627 bits per heavy atom. The topological polar surface area (TPSA) is 182 Å². The van der Waals surface area contributed by atoms with Gasteiger partial charge in [0.15, 0.2) is 28.7 Å². The van der Waals surface area contributed by atoms with E-state index in [0.29, 0.717) is 46.8 Å². The average molecular weight is 1020 g/mol. The lowest BCUT2D eigenvalue weighted by Gasteiger charge is -2.15. The van der Waals surface area contributed by atoms with Crippen LogP contribution in [-0.2, 0) is 28.9 Å². The largest absolute Gasteiger partial charge is 0.503 e. The third-order valence-electron chi connectivity index (χ3n) is 7.32. The Kier molecular flexibility index (Phi) is 12.8. The van der Waals surface area contributed by atoms with Crippen molar-refractivity contribution in [2.45, 2.75) is 19.3 Å². The quantitative estimate of drug-likeness (QED) is 0.0747. The summed E-state index contributed by atoms with van der Waals surface area (Å²) in [5, 5.41) is 52.6. The fourth-order valence-electron chi connectivity index (χ4n) is 4.83. The third kappa shape index (κ3) is 9.51. The van der Waals surface area contributed by atoms with E-state index in [0.717, 1.165) is 5.56 Å². The number of benzene rings is 4. The molecule has 51 heavy (non-hydrogen) atoms. The molecule has 0 saturated heterocycles. The van der Waals surface area contributed by atoms with Gasteiger partial charge < -0.3 is 40.7 Å². The maximum absolute atomic E-state index is 13.0. The second-order valence-electron chi connectivity index (χ2n) is 10.9. The Hall–Kier alpha value is -3.90. The number of oxime groups is 2. The molecule has 0 radical (unpaired) electrons. The molecule has 8 rings (SSSR count). The van der Waals surface area contributed by atoms with Crippen molar-refractivity contribution in [3.63, 3.8) is 0 Å². The smallest absolute Gasteiger partial charge is 0.273 e. The number of phenols is 2. The Balaban J connectivity index is 1.50. The molecule has 0 fully saturated rings. The van der Waals surface area contributed by atoms with E-state index in [2.05, 4.69) is 101 Å². The number of nitrogens with zero attached hydrogens (tertiary/aromatic N) is 2. The molecule has 0 unspecified atom stereocenters. The van der Waals surface area contributed by atoms with Gasteiger partial charge in [-0.2, -0.15) is 0 Å². The number of amides is 2. The van der Waals surface area contributed by atoms with Gasteiger partial charge in [0.05, 0.1) is 22.4 Å². The van der Waals surface area contributed by atoms with Crippen LogP contribution in [0.4, 0.5) is 0 Å². The van der Waals surface area contributed by atoms with Crippen molar-refractivity contribution in [3.05, 3.63) is 105 Å². The monoisotopic (exact) mass is 1010 g/mol. The second kappa shape index (κ2) is 17.1. The number of carbonyl (C=O) groups excluding carboxylic acids is 2. The molecule has 4 aromatic carbocycles. The van der Waals surface area contributed by atoms with Gasteiger partial charge in [-0.05, 0) is 163 Å². The number of hydrogen-bond acceptors (Lipinski definition) is 10. The van der Waals surface area contributed by atoms with Crippen molar-refractivity contribution in [2.24, 2.45) is 10.3 Å². The van der Waals surface area contributed by atoms with Gasteiger partial charge in [-0.1, -0.05) is 16.4 Å². The minimum Gasteiger partial charge on any atom is -0.503 e. The van der Waals surface area contributed by atoms with Crippen LogP contribution in [0.15, 0.2) is 93.5 Å². The average Bonchev–Trinajstić information content (AvgIpc) is 3.08. The first-order chi connectivity index (χ1) is 24.4. The molecule has 0 spiro atoms. The van der Waals surface area contributed by atoms with Gasteiger partial charge in [-0.3, -0.25) is 9.59 Å². The van der Waals surface area contributed by atoms with Crippen LogP contribution in [-0.4, -0.2) is 50.4 Å². The number of aromatic hydroxyl groups is 2. The van der Waals surface area contributed by atoms with Crippen LogP contribution < -0.4 is 20.1 Å². The van der Waals surface area contributed by atoms with Crippen molar-refractivity contribution >= 4 is 109 Å². The highest BCUT2D eigenvalue weighted by Gasteiger charge is 2.21. The van der Waals surface area contributed by atoms with E-state index < -0.39 is 11.8 Å². The summed E-state index contributed by atoms with van der Waals surface area (Å²) < 4.78 is 14.2. The fourth-order valence-corrected chi connectivity index (χ4v) is 7.73. The van der Waals surface area contributed by atoms with Crippen molar-refractivity contribution in [2.75, 3.05) is 6.54 Å². The van der Waals surface area contributed by atoms with E-state index in [-0.39, 0.29) is 64.0 Å². The summed E-state index contributed by atoms with van der Waals surface area (Å²) in [5.74, 6) is -0.735. The number of carbonyl (C=O) groups is 2. The van der Waals surface area contributed by atoms with Gasteiger partial charge in [0.2, 0.25) is 0 Å². The lowest BCUT2D eigenvalue weighted by Crippen LogP contribution is -2.33. The fraction of sp³-hybridized carbons (Fsp3) is 0.118. The van der Waals surface area contributed by atoms with E-state index in [1.54, 1.807) is 54.6 Å². The van der Waals surface area contributed by atoms with Crippen LogP contribution in [0, 0.1) is 0 Å². The van der Waals surface area contributed by atoms with Gasteiger partial charge in [0, 0.05) is 25.6 Å². The molecule has 17 heteroatoms. The van der Waals surface area contributed by atoms with Crippen LogP contribution in [0.2, 0.25) is 0 Å². The van der Waals surface area contributed by atoms with Crippen LogP contribution in [0.5, 0.6) is 34.5 Å². The summed E-state index contributed by atoms with van der Waals surface area (Å²) in [5.41, 5.74) is 2.11. The molecule has 264 valence electrons. The zero-order chi connectivity index (χ0) is 36.8. The van der Waals surface area contributed by atoms with Gasteiger partial charge >= 0.3 is 0 Å². The van der Waals surface area contributed by atoms with E-state index in [1.165, 1.54) is 12.3 Å². The van der Waals surface area contributed by atoms with Crippen molar-refractivity contribution in [1.82, 2.24) is 10.6 Å². The molecule has 0 aromatic heterocycles. The molecule has 4 aliphatic heterocycles. The van der Waals surface area contributed by atoms with Gasteiger partial charge in [-0.15, -0.1) is 0 Å². The van der Waals surface area contributed by atoms with Gasteiger partial charge in [0.25, 0.3) is 11.8 Å². The molecule has 4 heterocycles. The zero-order valence-electron chi connectivity index (χ0n) is 25.9. The molecule has 8 bridgehead atoms. The lowest BCUT2D eigenvalue weighted by atomic mass is 10.1. The number of ether oxygens (including phenoxy) is 2. The number of nitrogens with one attached hydrogen (secondary N) is 2. The standard InChI is InChI=1S/C34H25Br5N4O8/c35-20-7-16-1-2-27(20)50-28-14-17(8-21(36)30(28)44)4-6-41-33(46)25(42-48)12-18-10-23(38)32(24(39)11-18)51-29-15-19(9-22(37)31(29)45)13-26(43-49)34(47)40-5-3-16/h1-3,5,7-11,14-15,44-45,48-49H,4,6,12-13H2,(H,40,47)(H,41,46)/b5-3-,42-25+,43-26-. The molecular weight excluding hydrogens is 992 g/mol. The van der Waals surface area contributed by atoms with Gasteiger partial charge in [0.1, 0.15) is 17.2 Å². The summed E-state index contributed by atoms with van der Waals surface area (Å²) >= 11 is 17.1. The number of halogens is 5. The number of rotatable bonds is 0. The Labute approximate surface area is 332 Å². The van der Waals surface area contributed by atoms with Crippen LogP contribution in [0.25, 0.3) is 6.08 Å². The zero-order valence-corrected chi connectivity index (χ0v) is 33.8. The minimum atomic E-state index is -0.672. The lowest BCUT2D eigenvalue weighted by molar-refractivity contribution is -0.115. The normalized spacial score (nSPS) is 16.5. The highest BCUT2D eigenvalue weighted by molar-refractivity contribution is 9.11. The SMILES string of the molecule is O=C1N/C=C\c2ccc(c(Br)c2)Oc2cc(cc(Br)c2O)CCNC(=O)/C(=N/O)Cc2cc(Br)c(c(Br)c2)Oc2cc(cc(Br)c2O)C/C1=N/O. The van der Waals surface area contributed by atoms with Crippen molar-refractivity contribution in [3.8, 4) is 34.5 Å². The predicted octanol–water partition coefficient (Wildman–Crippen LogP) is 8.70. The maximum atomic E-state index is 13.0. The summed E-state index contributed by atoms with van der Waals surface area (Å²) in [6.07, 6.45) is 3.20. The first-order valence-electron chi connectivity index (χ1n) is 14.7. The minimum absolute atomic E-state index is 0.0297. The van der Waals surface area contributed by atoms with E-state index in [4.69, 9.17) is 9.47 Å². The highest BCUT2D eigenvalue weighted by Crippen LogP contribution is 2.44. The van der Waals surface area contributed by atoms with E-state index in [9.17, 15) is 30.2 Å². The molecule has 4 aromatic rings. The molecule has 4 aliphatic rings. The first kappa shape index (κ1) is 38.3. The first-order valence-corrected chi connectivity index (χ1v) is 18.7. The summed E-state index contributed by atoms with van der Waals surface area (Å²) in [6, 6.07) is 14.9. The van der Waals surface area contributed by atoms with Crippen LogP contribution in [0.1, 0.15) is 22.3 Å². The summed E-state index contributed by atoms with van der Waals surface area (Å²) in [6.45, 7) is 0.180. The molecule has 6 N–H and O–H groups in total. The Bertz CT molecular complexity index is 2100. The molecule has 0 saturated carbocycles. The summed E-state index contributed by atoms with van der Waals surface area (Å²) in [7, 11) is 0. The van der Waals surface area contributed by atoms with Crippen molar-refractivity contribution in [1.29, 1.82) is 0 Å². The Morgan fingerprint density at radius 3 is 1.80 bits per heavy atom. The van der Waals surface area contributed by atoms with Gasteiger partial charge in [-0.25, -0.2) is 0 Å². The molecule has 0 aliphatic carbocycles. The highest BCUT2D eigenvalue weighted by atomic mass is 79.9. The second-order valence-corrected chi connectivity index (χ2v) is 15.2. The number of hydrogen-bond donors (Lipinski definition) is 6. The number of phenolic OH excluding ortho intramolecular Hbond substituents is 2. The van der Waals surface area contributed by atoms with Crippen LogP contribution in [0.3, 0.4) is 0 Å². The predicted molar refractivity (Wildman–Crippen MR) is 207 cm³/mol. The van der Waals surface area contributed by atoms with Crippen molar-refractivity contribution < 1.29 is 39.7 Å². The molecule has 2 amide bonds. The molecular formula is C34H25Br5N4O8. The van der Waals surface area contributed by atoms with E-state index >= 15 is 0 Å². The third-order valence-corrected chi connectivity index (χ3v) is 10.3. The molecule has 0 atom stereocenters. The van der Waals surface area contributed by atoms with Crippen LogP contribution >= 0.6 is 79.6 Å².